The van der Waals surface area contributed by atoms with E-state index in [4.69, 9.17) is 9.29 Å². The summed E-state index contributed by atoms with van der Waals surface area (Å²) in [6, 6.07) is 20.3. The van der Waals surface area contributed by atoms with E-state index >= 15 is 0 Å². The summed E-state index contributed by atoms with van der Waals surface area (Å²) in [4.78, 5) is 0. The van der Waals surface area contributed by atoms with Crippen LogP contribution in [0.25, 0.3) is 16.8 Å². The van der Waals surface area contributed by atoms with Crippen molar-refractivity contribution in [3.05, 3.63) is 66.9 Å². The summed E-state index contributed by atoms with van der Waals surface area (Å²) in [5.41, 5.74) is 3.14. The number of hydrogen-bond acceptors (Lipinski definition) is 5. The van der Waals surface area contributed by atoms with E-state index in [2.05, 4.69) is 29.5 Å². The predicted octanol–water partition coefficient (Wildman–Crippen LogP) is 3.42. The second-order valence-electron chi connectivity index (χ2n) is 6.33. The van der Waals surface area contributed by atoms with Crippen molar-refractivity contribution in [1.82, 2.24) is 15.1 Å². The first kappa shape index (κ1) is 22.6. The van der Waals surface area contributed by atoms with Crippen molar-refractivity contribution in [2.24, 2.45) is 0 Å². The van der Waals surface area contributed by atoms with Gasteiger partial charge in [0, 0.05) is 12.7 Å². The maximum atomic E-state index is 9.19. The molecule has 0 radical (unpaired) electrons. The fourth-order valence-corrected chi connectivity index (χ4v) is 2.52. The summed E-state index contributed by atoms with van der Waals surface area (Å²) in [7, 11) is -3.67. The van der Waals surface area contributed by atoms with Gasteiger partial charge < -0.3 is 10.1 Å². The van der Waals surface area contributed by atoms with Crippen LogP contribution in [-0.2, 0) is 10.1 Å². The van der Waals surface area contributed by atoms with Gasteiger partial charge in [-0.05, 0) is 30.7 Å². The zero-order valence-electron chi connectivity index (χ0n) is 16.7. The normalized spacial score (nSPS) is 10.9. The van der Waals surface area contributed by atoms with E-state index < -0.39 is 10.1 Å². The van der Waals surface area contributed by atoms with Crippen LogP contribution in [0, 0.1) is 0 Å². The summed E-state index contributed by atoms with van der Waals surface area (Å²) >= 11 is 0. The van der Waals surface area contributed by atoms with Crippen LogP contribution in [0.5, 0.6) is 5.88 Å². The highest BCUT2D eigenvalue weighted by molar-refractivity contribution is 7.85. The zero-order valence-corrected chi connectivity index (χ0v) is 17.5. The van der Waals surface area contributed by atoms with E-state index in [0.29, 0.717) is 18.7 Å². The number of nitrogens with one attached hydrogen (secondary N) is 1. The van der Waals surface area contributed by atoms with Gasteiger partial charge >= 0.3 is 0 Å². The predicted molar refractivity (Wildman–Crippen MR) is 115 cm³/mol. The van der Waals surface area contributed by atoms with E-state index in [1.54, 1.807) is 0 Å². The summed E-state index contributed by atoms with van der Waals surface area (Å²) < 4.78 is 33.7. The Morgan fingerprint density at radius 3 is 2.21 bits per heavy atom. The molecule has 8 heteroatoms. The van der Waals surface area contributed by atoms with Crippen LogP contribution in [0.3, 0.4) is 0 Å². The van der Waals surface area contributed by atoms with E-state index in [1.807, 2.05) is 59.4 Å². The van der Waals surface area contributed by atoms with Gasteiger partial charge in [0.25, 0.3) is 10.1 Å². The Hall–Kier alpha value is -2.68. The maximum absolute atomic E-state index is 9.19. The third kappa shape index (κ3) is 8.47. The minimum Gasteiger partial charge on any atom is -0.475 e. The fourth-order valence-electron chi connectivity index (χ4n) is 2.52. The first-order valence-electron chi connectivity index (χ1n) is 9.35. The molecule has 29 heavy (non-hydrogen) atoms. The quantitative estimate of drug-likeness (QED) is 0.431. The van der Waals surface area contributed by atoms with E-state index in [0.717, 1.165) is 36.3 Å². The zero-order chi connectivity index (χ0) is 21.1. The summed E-state index contributed by atoms with van der Waals surface area (Å²) in [6.45, 7) is 4.59. The van der Waals surface area contributed by atoms with Crippen LogP contribution in [0.1, 0.15) is 13.3 Å². The number of rotatable bonds is 8. The largest absolute Gasteiger partial charge is 0.475 e. The molecule has 3 rings (SSSR count). The highest BCUT2D eigenvalue weighted by Crippen LogP contribution is 2.29. The molecule has 2 N–H and O–H groups in total. The molecular weight excluding hydrogens is 390 g/mol. The number of ether oxygens (including phenoxy) is 1. The Morgan fingerprint density at radius 1 is 1.03 bits per heavy atom. The highest BCUT2D eigenvalue weighted by atomic mass is 32.2. The molecule has 0 saturated heterocycles. The molecule has 1 heterocycles. The molecule has 156 valence electrons. The monoisotopic (exact) mass is 417 g/mol. The van der Waals surface area contributed by atoms with Crippen LogP contribution in [0.15, 0.2) is 66.9 Å². The lowest BCUT2D eigenvalue weighted by molar-refractivity contribution is 0.302. The standard InChI is InChI=1S/C20H23N3O.CH4O3S/c1-2-13-21-14-15-24-20-19(17-9-5-3-6-10-17)16-23(22-20)18-11-7-4-8-12-18;1-5(2,3)4/h3-12,16,21H,2,13-15H2,1H3;1H3,(H,2,3,4). The minimum absolute atomic E-state index is 0.603. The van der Waals surface area contributed by atoms with Crippen molar-refractivity contribution in [2.75, 3.05) is 26.0 Å². The number of para-hydroxylation sites is 1. The van der Waals surface area contributed by atoms with Crippen molar-refractivity contribution < 1.29 is 17.7 Å². The molecule has 0 bridgehead atoms. The minimum atomic E-state index is -3.67. The summed E-state index contributed by atoms with van der Waals surface area (Å²) in [5, 5.41) is 7.98. The second-order valence-corrected chi connectivity index (χ2v) is 7.79. The van der Waals surface area contributed by atoms with Crippen LogP contribution >= 0.6 is 0 Å². The summed E-state index contributed by atoms with van der Waals surface area (Å²) in [6.07, 6.45) is 3.87. The third-order valence-electron chi connectivity index (χ3n) is 3.73. The Labute approximate surface area is 172 Å². The van der Waals surface area contributed by atoms with Gasteiger partial charge in [-0.15, -0.1) is 5.10 Å². The molecule has 0 aliphatic rings. The molecule has 0 saturated carbocycles. The van der Waals surface area contributed by atoms with Gasteiger partial charge in [-0.2, -0.15) is 8.42 Å². The van der Waals surface area contributed by atoms with Gasteiger partial charge in [-0.1, -0.05) is 55.5 Å². The van der Waals surface area contributed by atoms with Crippen LogP contribution < -0.4 is 10.1 Å². The molecule has 3 aromatic rings. The van der Waals surface area contributed by atoms with Crippen LogP contribution in [0.4, 0.5) is 0 Å². The smallest absolute Gasteiger partial charge is 0.261 e. The Balaban J connectivity index is 0.000000537. The molecule has 0 fully saturated rings. The first-order valence-corrected chi connectivity index (χ1v) is 11.2. The molecule has 0 spiro atoms. The molecule has 7 nitrogen and oxygen atoms in total. The van der Waals surface area contributed by atoms with Gasteiger partial charge in [0.15, 0.2) is 0 Å². The molecule has 0 aliphatic heterocycles. The second kappa shape index (κ2) is 11.4. The topological polar surface area (TPSA) is 93.5 Å². The Bertz CT molecular complexity index is 950. The average Bonchev–Trinajstić information content (AvgIpc) is 3.12. The van der Waals surface area contributed by atoms with Crippen LogP contribution in [-0.4, -0.2) is 48.7 Å². The molecular formula is C21H27N3O4S. The number of nitrogens with zero attached hydrogens (tertiary/aromatic N) is 2. The number of benzene rings is 2. The van der Waals surface area contributed by atoms with Crippen molar-refractivity contribution in [3.8, 4) is 22.7 Å². The van der Waals surface area contributed by atoms with Crippen LogP contribution in [0.2, 0.25) is 0 Å². The van der Waals surface area contributed by atoms with Gasteiger partial charge in [0.1, 0.15) is 6.61 Å². The molecule has 1 aromatic heterocycles. The van der Waals surface area contributed by atoms with Crippen molar-refractivity contribution in [3.63, 3.8) is 0 Å². The van der Waals surface area contributed by atoms with Gasteiger partial charge in [-0.25, -0.2) is 4.68 Å². The maximum Gasteiger partial charge on any atom is 0.261 e. The van der Waals surface area contributed by atoms with Crippen molar-refractivity contribution >= 4 is 10.1 Å². The van der Waals surface area contributed by atoms with Gasteiger partial charge in [-0.3, -0.25) is 4.55 Å². The molecule has 0 amide bonds. The third-order valence-corrected chi connectivity index (χ3v) is 3.73. The molecule has 0 aliphatic carbocycles. The van der Waals surface area contributed by atoms with Gasteiger partial charge in [0.05, 0.1) is 17.5 Å². The van der Waals surface area contributed by atoms with E-state index in [1.165, 1.54) is 0 Å². The number of aromatic nitrogens is 2. The molecule has 0 atom stereocenters. The Morgan fingerprint density at radius 2 is 1.62 bits per heavy atom. The summed E-state index contributed by atoms with van der Waals surface area (Å²) in [5.74, 6) is 0.670. The van der Waals surface area contributed by atoms with E-state index in [-0.39, 0.29) is 0 Å². The molecule has 0 unspecified atom stereocenters. The Kier molecular flexibility index (Phi) is 8.85. The first-order chi connectivity index (χ1) is 13.9. The van der Waals surface area contributed by atoms with Crippen molar-refractivity contribution in [2.45, 2.75) is 13.3 Å². The molecule has 2 aromatic carbocycles. The lowest BCUT2D eigenvalue weighted by Crippen LogP contribution is -2.21. The highest BCUT2D eigenvalue weighted by Gasteiger charge is 2.13. The van der Waals surface area contributed by atoms with E-state index in [9.17, 15) is 8.42 Å². The lowest BCUT2D eigenvalue weighted by atomic mass is 10.1. The van der Waals surface area contributed by atoms with Crippen molar-refractivity contribution in [1.29, 1.82) is 0 Å². The fraction of sp³-hybridized carbons (Fsp3) is 0.286. The SMILES string of the molecule is CCCNCCOc1nn(-c2ccccc2)cc1-c1ccccc1.CS(=O)(=O)O. The van der Waals surface area contributed by atoms with Gasteiger partial charge in [0.2, 0.25) is 5.88 Å². The lowest BCUT2D eigenvalue weighted by Gasteiger charge is -2.06. The average molecular weight is 418 g/mol. The number of hydrogen-bond donors (Lipinski definition) is 2.